The van der Waals surface area contributed by atoms with E-state index in [1.54, 1.807) is 45.0 Å². The molecule has 2 rings (SSSR count). The predicted octanol–water partition coefficient (Wildman–Crippen LogP) is 2.37. The molecular formula is C16H19NO6. The van der Waals surface area contributed by atoms with Crippen LogP contribution >= 0.6 is 0 Å². The Morgan fingerprint density at radius 1 is 1.13 bits per heavy atom. The molecule has 0 spiro atoms. The molecule has 7 nitrogen and oxygen atoms in total. The fraction of sp³-hybridized carbons (Fsp3) is 0.438. The lowest BCUT2D eigenvalue weighted by molar-refractivity contribution is -0.245. The molecule has 0 saturated carbocycles. The van der Waals surface area contributed by atoms with Crippen molar-refractivity contribution in [3.8, 4) is 0 Å². The maximum atomic E-state index is 12.1. The topological polar surface area (TPSA) is 82.1 Å². The Morgan fingerprint density at radius 3 is 2.26 bits per heavy atom. The minimum atomic E-state index is -1.02. The van der Waals surface area contributed by atoms with Crippen molar-refractivity contribution in [2.24, 2.45) is 0 Å². The molecule has 0 N–H and O–H groups in total. The van der Waals surface area contributed by atoms with Crippen molar-refractivity contribution in [1.82, 2.24) is 5.06 Å². The van der Waals surface area contributed by atoms with E-state index in [1.165, 1.54) is 6.92 Å². The van der Waals surface area contributed by atoms with E-state index in [0.717, 1.165) is 5.06 Å². The van der Waals surface area contributed by atoms with Crippen LogP contribution < -0.4 is 0 Å². The van der Waals surface area contributed by atoms with Gasteiger partial charge >= 0.3 is 12.1 Å². The van der Waals surface area contributed by atoms with Crippen LogP contribution in [0.1, 0.15) is 39.3 Å². The largest absolute Gasteiger partial charge is 0.534 e. The van der Waals surface area contributed by atoms with E-state index in [-0.39, 0.29) is 0 Å². The quantitative estimate of drug-likeness (QED) is 0.628. The molecule has 0 radical (unpaired) electrons. The van der Waals surface area contributed by atoms with Crippen molar-refractivity contribution in [2.45, 2.75) is 45.4 Å². The first-order valence-electron chi connectivity index (χ1n) is 7.15. The number of hydrogen-bond donors (Lipinski definition) is 0. The zero-order valence-electron chi connectivity index (χ0n) is 13.4. The zero-order chi connectivity index (χ0) is 17.2. The summed E-state index contributed by atoms with van der Waals surface area (Å²) in [5.41, 5.74) is -0.0652. The fourth-order valence-electron chi connectivity index (χ4n) is 2.14. The maximum Gasteiger partial charge on any atom is 0.534 e. The first-order valence-corrected chi connectivity index (χ1v) is 7.15. The van der Waals surface area contributed by atoms with Crippen molar-refractivity contribution in [2.75, 3.05) is 0 Å². The highest BCUT2D eigenvalue weighted by Crippen LogP contribution is 2.37. The summed E-state index contributed by atoms with van der Waals surface area (Å²) < 4.78 is 10.0. The number of hydroxylamine groups is 2. The Kier molecular flexibility index (Phi) is 4.58. The molecule has 0 aromatic heterocycles. The van der Waals surface area contributed by atoms with Gasteiger partial charge in [0.2, 0.25) is 6.10 Å². The average Bonchev–Trinajstić information content (AvgIpc) is 2.44. The second-order valence-electron chi connectivity index (χ2n) is 6.11. The minimum Gasteiger partial charge on any atom is -0.450 e. The Morgan fingerprint density at radius 2 is 1.74 bits per heavy atom. The van der Waals surface area contributed by atoms with Crippen LogP contribution in [0.2, 0.25) is 0 Å². The molecule has 1 aromatic rings. The highest BCUT2D eigenvalue weighted by molar-refractivity contribution is 5.90. The molecule has 0 unspecified atom stereocenters. The molecule has 23 heavy (non-hydrogen) atoms. The smallest absolute Gasteiger partial charge is 0.450 e. The predicted molar refractivity (Wildman–Crippen MR) is 78.9 cm³/mol. The van der Waals surface area contributed by atoms with Crippen LogP contribution in [-0.4, -0.2) is 34.8 Å². The summed E-state index contributed by atoms with van der Waals surface area (Å²) >= 11 is 0. The molecule has 7 heteroatoms. The van der Waals surface area contributed by atoms with E-state index < -0.39 is 35.8 Å². The van der Waals surface area contributed by atoms with E-state index in [1.807, 2.05) is 6.07 Å². The number of ether oxygens (including phenoxy) is 2. The lowest BCUT2D eigenvalue weighted by Crippen LogP contribution is -2.60. The van der Waals surface area contributed by atoms with Crippen LogP contribution in [0, 0.1) is 0 Å². The zero-order valence-corrected chi connectivity index (χ0v) is 13.4. The molecule has 2 atom stereocenters. The standard InChI is InChI=1S/C16H19NO6/c1-10(18)21-13-12(11-8-6-5-7-9-11)17(14(13)19)23-15(20)22-16(2,3)4/h5-9,12-13H,1-4H3/t12-,13+/m0/s1. The van der Waals surface area contributed by atoms with E-state index >= 15 is 0 Å². The first-order chi connectivity index (χ1) is 10.7. The summed E-state index contributed by atoms with van der Waals surface area (Å²) in [4.78, 5) is 40.0. The van der Waals surface area contributed by atoms with Crippen molar-refractivity contribution in [3.05, 3.63) is 35.9 Å². The molecule has 1 heterocycles. The highest BCUT2D eigenvalue weighted by Gasteiger charge is 2.54. The SMILES string of the molecule is CC(=O)O[C@H]1C(=O)N(OC(=O)OC(C)(C)C)[C@H]1c1ccccc1. The number of rotatable bonds is 3. The minimum absolute atomic E-state index is 0.582. The van der Waals surface area contributed by atoms with Crippen LogP contribution in [0.25, 0.3) is 0 Å². The monoisotopic (exact) mass is 321 g/mol. The summed E-state index contributed by atoms with van der Waals surface area (Å²) in [6, 6.07) is 8.16. The van der Waals surface area contributed by atoms with Gasteiger partial charge in [-0.1, -0.05) is 30.3 Å². The van der Waals surface area contributed by atoms with Crippen LogP contribution in [0.3, 0.4) is 0 Å². The van der Waals surface area contributed by atoms with Gasteiger partial charge in [0.25, 0.3) is 5.91 Å². The van der Waals surface area contributed by atoms with E-state index in [2.05, 4.69) is 0 Å². The maximum absolute atomic E-state index is 12.1. The molecule has 124 valence electrons. The number of nitrogens with zero attached hydrogens (tertiary/aromatic N) is 1. The van der Waals surface area contributed by atoms with Gasteiger partial charge in [0.05, 0.1) is 0 Å². The van der Waals surface area contributed by atoms with Crippen LogP contribution in [-0.2, 0) is 23.9 Å². The van der Waals surface area contributed by atoms with E-state index in [0.29, 0.717) is 5.56 Å². The van der Waals surface area contributed by atoms with Gasteiger partial charge in [0.15, 0.2) is 0 Å². The van der Waals surface area contributed by atoms with Gasteiger partial charge in [-0.25, -0.2) is 4.79 Å². The van der Waals surface area contributed by atoms with Gasteiger partial charge in [0, 0.05) is 6.92 Å². The number of benzene rings is 1. The van der Waals surface area contributed by atoms with Crippen LogP contribution in [0.15, 0.2) is 30.3 Å². The molecule has 0 aliphatic carbocycles. The first kappa shape index (κ1) is 16.8. The highest BCUT2D eigenvalue weighted by atomic mass is 16.8. The Balaban J connectivity index is 2.16. The fourth-order valence-corrected chi connectivity index (χ4v) is 2.14. The number of hydrogen-bond acceptors (Lipinski definition) is 6. The molecular weight excluding hydrogens is 302 g/mol. The summed E-state index contributed by atoms with van der Waals surface area (Å²) in [7, 11) is 0. The molecule has 1 aliphatic rings. The lowest BCUT2D eigenvalue weighted by Gasteiger charge is -2.43. The van der Waals surface area contributed by atoms with E-state index in [9.17, 15) is 14.4 Å². The van der Waals surface area contributed by atoms with Crippen molar-refractivity contribution in [3.63, 3.8) is 0 Å². The number of amides is 1. The van der Waals surface area contributed by atoms with E-state index in [4.69, 9.17) is 14.3 Å². The van der Waals surface area contributed by atoms with Crippen LogP contribution in [0.4, 0.5) is 4.79 Å². The Labute approximate surface area is 134 Å². The summed E-state index contributed by atoms with van der Waals surface area (Å²) in [6.07, 6.45) is -2.01. The third kappa shape index (κ3) is 4.00. The molecule has 1 fully saturated rings. The second-order valence-corrected chi connectivity index (χ2v) is 6.11. The number of esters is 1. The van der Waals surface area contributed by atoms with Crippen molar-refractivity contribution < 1.29 is 28.7 Å². The van der Waals surface area contributed by atoms with Gasteiger partial charge < -0.3 is 14.3 Å². The van der Waals surface area contributed by atoms with Gasteiger partial charge in [-0.15, -0.1) is 0 Å². The van der Waals surface area contributed by atoms with Gasteiger partial charge in [-0.3, -0.25) is 9.59 Å². The molecule has 1 aliphatic heterocycles. The molecule has 0 bridgehead atoms. The summed E-state index contributed by atoms with van der Waals surface area (Å²) in [5.74, 6) is -1.19. The van der Waals surface area contributed by atoms with Crippen molar-refractivity contribution >= 4 is 18.0 Å². The second kappa shape index (κ2) is 6.28. The number of β-lactam (4-membered cyclic amide) rings is 1. The van der Waals surface area contributed by atoms with Crippen LogP contribution in [0.5, 0.6) is 0 Å². The summed E-state index contributed by atoms with van der Waals surface area (Å²) in [6.45, 7) is 6.26. The van der Waals surface area contributed by atoms with Gasteiger partial charge in [-0.05, 0) is 26.3 Å². The average molecular weight is 321 g/mol. The molecule has 1 amide bonds. The Hall–Kier alpha value is -2.57. The van der Waals surface area contributed by atoms with Gasteiger partial charge in [0.1, 0.15) is 11.6 Å². The Bertz CT molecular complexity index is 607. The molecule has 1 aromatic carbocycles. The molecule has 1 saturated heterocycles. The third-order valence-corrected chi connectivity index (χ3v) is 3.00. The van der Waals surface area contributed by atoms with Gasteiger partial charge in [-0.2, -0.15) is 5.06 Å². The summed E-state index contributed by atoms with van der Waals surface area (Å²) in [5, 5.41) is 0.872. The number of carbonyl (C=O) groups excluding carboxylic acids is 3. The third-order valence-electron chi connectivity index (χ3n) is 3.00. The lowest BCUT2D eigenvalue weighted by atomic mass is 9.93. The normalized spacial score (nSPS) is 20.5. The number of carbonyl (C=O) groups is 3. The van der Waals surface area contributed by atoms with Crippen molar-refractivity contribution in [1.29, 1.82) is 0 Å².